The van der Waals surface area contributed by atoms with Gasteiger partial charge < -0.3 is 14.9 Å². The van der Waals surface area contributed by atoms with Crippen molar-refractivity contribution in [3.8, 4) is 0 Å². The summed E-state index contributed by atoms with van der Waals surface area (Å²) in [5.41, 5.74) is -1.55. The highest BCUT2D eigenvalue weighted by molar-refractivity contribution is 6.01. The quantitative estimate of drug-likeness (QED) is 0.400. The number of allylic oxidation sites excluding steroid dienone is 1. The number of aliphatic hydroxyl groups excluding tert-OH is 1. The van der Waals surface area contributed by atoms with Crippen molar-refractivity contribution >= 4 is 11.9 Å². The average molecular weight is 214 g/mol. The molecule has 0 fully saturated rings. The molecular weight excluding hydrogens is 200 g/mol. The molecule has 0 aromatic heterocycles. The molecule has 0 aliphatic heterocycles. The highest BCUT2D eigenvalue weighted by atomic mass is 16.5. The molecule has 5 nitrogen and oxygen atoms in total. The smallest absolute Gasteiger partial charge is 0.327 e. The van der Waals surface area contributed by atoms with E-state index in [0.29, 0.717) is 6.42 Å². The van der Waals surface area contributed by atoms with E-state index < -0.39 is 17.4 Å². The molecule has 0 spiro atoms. The summed E-state index contributed by atoms with van der Waals surface area (Å²) in [4.78, 5) is 22.6. The molecule has 15 heavy (non-hydrogen) atoms. The molecule has 0 aromatic carbocycles. The molecule has 0 radical (unpaired) electrons. The maximum atomic E-state index is 11.6. The molecule has 0 saturated carbocycles. The van der Waals surface area contributed by atoms with Crippen molar-refractivity contribution in [2.45, 2.75) is 19.3 Å². The molecule has 0 aromatic rings. The predicted octanol–water partition coefficient (Wildman–Crippen LogP) is 0.333. The largest absolute Gasteiger partial charge is 0.480 e. The van der Waals surface area contributed by atoms with Crippen LogP contribution in [0, 0.1) is 5.41 Å². The van der Waals surface area contributed by atoms with E-state index in [1.54, 1.807) is 6.08 Å². The van der Waals surface area contributed by atoms with Crippen molar-refractivity contribution in [3.63, 3.8) is 0 Å². The number of hydrogen-bond donors (Lipinski definition) is 2. The molecule has 1 unspecified atom stereocenters. The summed E-state index contributed by atoms with van der Waals surface area (Å²) >= 11 is 0. The van der Waals surface area contributed by atoms with E-state index in [0.717, 1.165) is 6.42 Å². The zero-order valence-electron chi connectivity index (χ0n) is 8.31. The lowest BCUT2D eigenvalue weighted by atomic mass is 9.79. The molecule has 5 heteroatoms. The van der Waals surface area contributed by atoms with Crippen molar-refractivity contribution in [1.82, 2.24) is 0 Å². The van der Waals surface area contributed by atoms with Gasteiger partial charge >= 0.3 is 11.9 Å². The fourth-order valence-electron chi connectivity index (χ4n) is 1.57. The molecule has 1 aliphatic rings. The van der Waals surface area contributed by atoms with Crippen molar-refractivity contribution in [3.05, 3.63) is 12.2 Å². The zero-order valence-corrected chi connectivity index (χ0v) is 8.31. The van der Waals surface area contributed by atoms with Gasteiger partial charge in [0.15, 0.2) is 5.41 Å². The predicted molar refractivity (Wildman–Crippen MR) is 51.1 cm³/mol. The first kappa shape index (κ1) is 11.7. The Kier molecular flexibility index (Phi) is 3.85. The van der Waals surface area contributed by atoms with Crippen LogP contribution in [0.5, 0.6) is 0 Å². The third-order valence-corrected chi connectivity index (χ3v) is 2.41. The van der Waals surface area contributed by atoms with Crippen LogP contribution < -0.4 is 0 Å². The van der Waals surface area contributed by atoms with E-state index in [9.17, 15) is 9.59 Å². The summed E-state index contributed by atoms with van der Waals surface area (Å²) in [6.45, 7) is -0.465. The van der Waals surface area contributed by atoms with Gasteiger partial charge in [-0.1, -0.05) is 12.2 Å². The lowest BCUT2D eigenvalue weighted by Gasteiger charge is -2.26. The minimum absolute atomic E-state index is 0.165. The molecule has 0 saturated heterocycles. The lowest BCUT2D eigenvalue weighted by molar-refractivity contribution is -0.166. The highest BCUT2D eigenvalue weighted by Gasteiger charge is 2.45. The molecule has 1 atom stereocenters. The number of carbonyl (C=O) groups excluding carboxylic acids is 1. The zero-order chi connectivity index (χ0) is 11.3. The van der Waals surface area contributed by atoms with Crippen molar-refractivity contribution in [1.29, 1.82) is 0 Å². The van der Waals surface area contributed by atoms with E-state index in [4.69, 9.17) is 10.2 Å². The molecule has 0 bridgehead atoms. The number of carboxylic acids is 1. The Morgan fingerprint density at radius 2 is 2.20 bits per heavy atom. The minimum Gasteiger partial charge on any atom is -0.480 e. The number of ether oxygens (including phenoxy) is 1. The first-order valence-electron chi connectivity index (χ1n) is 4.82. The van der Waals surface area contributed by atoms with Crippen LogP contribution >= 0.6 is 0 Å². The second-order valence-electron chi connectivity index (χ2n) is 3.43. The summed E-state index contributed by atoms with van der Waals surface area (Å²) in [7, 11) is 0. The van der Waals surface area contributed by atoms with Gasteiger partial charge in [0.2, 0.25) is 0 Å². The molecule has 0 amide bonds. The lowest BCUT2D eigenvalue weighted by Crippen LogP contribution is -2.40. The minimum atomic E-state index is -1.55. The van der Waals surface area contributed by atoms with Crippen LogP contribution in [0.15, 0.2) is 12.2 Å². The van der Waals surface area contributed by atoms with Crippen LogP contribution in [0.25, 0.3) is 0 Å². The van der Waals surface area contributed by atoms with Gasteiger partial charge in [-0.05, 0) is 19.3 Å². The number of rotatable bonds is 4. The monoisotopic (exact) mass is 214 g/mol. The van der Waals surface area contributed by atoms with Gasteiger partial charge in [-0.15, -0.1) is 0 Å². The summed E-state index contributed by atoms with van der Waals surface area (Å²) in [5, 5.41) is 17.5. The van der Waals surface area contributed by atoms with Crippen LogP contribution in [-0.2, 0) is 14.3 Å². The van der Waals surface area contributed by atoms with Crippen LogP contribution in [-0.4, -0.2) is 35.4 Å². The second-order valence-corrected chi connectivity index (χ2v) is 3.43. The number of carbonyl (C=O) groups is 2. The molecule has 0 heterocycles. The standard InChI is InChI=1S/C10H14O5/c11-6-7-15-9(14)10(8(12)13)4-2-1-3-5-10/h2,4,11H,1,3,5-7H2,(H,12,13). The van der Waals surface area contributed by atoms with Crippen LogP contribution in [0.4, 0.5) is 0 Å². The van der Waals surface area contributed by atoms with E-state index in [1.165, 1.54) is 6.08 Å². The van der Waals surface area contributed by atoms with Gasteiger partial charge in [0, 0.05) is 0 Å². The van der Waals surface area contributed by atoms with E-state index >= 15 is 0 Å². The maximum Gasteiger partial charge on any atom is 0.327 e. The van der Waals surface area contributed by atoms with Gasteiger partial charge in [0.05, 0.1) is 6.61 Å². The number of hydrogen-bond acceptors (Lipinski definition) is 4. The fourth-order valence-corrected chi connectivity index (χ4v) is 1.57. The Morgan fingerprint density at radius 1 is 1.47 bits per heavy atom. The average Bonchev–Trinajstić information content (AvgIpc) is 2.26. The molecule has 2 N–H and O–H groups in total. The van der Waals surface area contributed by atoms with Gasteiger partial charge in [-0.2, -0.15) is 0 Å². The number of carboxylic acid groups (broad SMARTS) is 1. The summed E-state index contributed by atoms with van der Waals surface area (Å²) < 4.78 is 4.67. The molecule has 1 rings (SSSR count). The van der Waals surface area contributed by atoms with E-state index in [1.807, 2.05) is 0 Å². The normalized spacial score (nSPS) is 24.9. The SMILES string of the molecule is O=C(O)C1(C(=O)OCCO)C=CCCC1. The van der Waals surface area contributed by atoms with Gasteiger partial charge in [0.25, 0.3) is 0 Å². The number of esters is 1. The number of aliphatic carboxylic acids is 1. The third kappa shape index (κ3) is 2.36. The molecular formula is C10H14O5. The van der Waals surface area contributed by atoms with Gasteiger partial charge in [-0.25, -0.2) is 0 Å². The Morgan fingerprint density at radius 3 is 2.67 bits per heavy atom. The van der Waals surface area contributed by atoms with Gasteiger partial charge in [0.1, 0.15) is 6.61 Å². The Hall–Kier alpha value is -1.36. The molecule has 1 aliphatic carbocycles. The van der Waals surface area contributed by atoms with Gasteiger partial charge in [-0.3, -0.25) is 9.59 Å². The van der Waals surface area contributed by atoms with Crippen LogP contribution in [0.2, 0.25) is 0 Å². The first-order chi connectivity index (χ1) is 7.13. The van der Waals surface area contributed by atoms with Crippen LogP contribution in [0.1, 0.15) is 19.3 Å². The number of aliphatic hydroxyl groups is 1. The Bertz CT molecular complexity index is 284. The van der Waals surface area contributed by atoms with Crippen LogP contribution in [0.3, 0.4) is 0 Å². The van der Waals surface area contributed by atoms with E-state index in [2.05, 4.69) is 4.74 Å². The topological polar surface area (TPSA) is 83.8 Å². The second kappa shape index (κ2) is 4.93. The fraction of sp³-hybridized carbons (Fsp3) is 0.600. The summed E-state index contributed by atoms with van der Waals surface area (Å²) in [6, 6.07) is 0. The summed E-state index contributed by atoms with van der Waals surface area (Å²) in [6.07, 6.45) is 4.75. The third-order valence-electron chi connectivity index (χ3n) is 2.41. The molecule has 84 valence electrons. The van der Waals surface area contributed by atoms with Crippen molar-refractivity contribution in [2.24, 2.45) is 5.41 Å². The summed E-state index contributed by atoms with van der Waals surface area (Å²) in [5.74, 6) is -1.98. The van der Waals surface area contributed by atoms with E-state index in [-0.39, 0.29) is 19.6 Å². The van der Waals surface area contributed by atoms with Crippen molar-refractivity contribution < 1.29 is 24.5 Å². The maximum absolute atomic E-state index is 11.6. The first-order valence-corrected chi connectivity index (χ1v) is 4.82. The Balaban J connectivity index is 2.81. The Labute approximate surface area is 87.4 Å². The highest BCUT2D eigenvalue weighted by Crippen LogP contribution is 2.32. The van der Waals surface area contributed by atoms with Crippen molar-refractivity contribution in [2.75, 3.05) is 13.2 Å².